The largest absolute Gasteiger partial charge is 0.497 e. The van der Waals surface area contributed by atoms with Crippen molar-refractivity contribution in [2.75, 3.05) is 24.5 Å². The lowest BCUT2D eigenvalue weighted by atomic mass is 10.1. The quantitative estimate of drug-likeness (QED) is 0.259. The number of halogens is 1. The minimum Gasteiger partial charge on any atom is -0.497 e. The third-order valence-corrected chi connectivity index (χ3v) is 8.81. The number of benzene rings is 3. The predicted octanol–water partition coefficient (Wildman–Crippen LogP) is 5.30. The van der Waals surface area contributed by atoms with Crippen molar-refractivity contribution < 1.29 is 22.7 Å². The monoisotopic (exact) mass is 629 g/mol. The highest BCUT2D eigenvalue weighted by molar-refractivity contribution is 9.10. The minimum atomic E-state index is -4.14. The molecule has 8 nitrogen and oxygen atoms in total. The van der Waals surface area contributed by atoms with E-state index in [2.05, 4.69) is 21.2 Å². The Bertz CT molecular complexity index is 1400. The summed E-state index contributed by atoms with van der Waals surface area (Å²) in [6.07, 6.45) is 1.74. The van der Waals surface area contributed by atoms with Crippen LogP contribution in [-0.2, 0) is 26.2 Å². The van der Waals surface area contributed by atoms with Gasteiger partial charge in [0.25, 0.3) is 10.0 Å². The summed E-state index contributed by atoms with van der Waals surface area (Å²) in [5.41, 5.74) is 1.99. The molecule has 0 fully saturated rings. The van der Waals surface area contributed by atoms with Crippen LogP contribution in [0.2, 0.25) is 0 Å². The molecule has 0 heterocycles. The summed E-state index contributed by atoms with van der Waals surface area (Å²) in [6.45, 7) is 5.67. The van der Waals surface area contributed by atoms with Gasteiger partial charge in [0.1, 0.15) is 18.3 Å². The van der Waals surface area contributed by atoms with Gasteiger partial charge in [0, 0.05) is 23.6 Å². The van der Waals surface area contributed by atoms with Crippen molar-refractivity contribution >= 4 is 43.5 Å². The number of sulfonamides is 1. The molecule has 214 valence electrons. The van der Waals surface area contributed by atoms with Crippen molar-refractivity contribution in [1.29, 1.82) is 0 Å². The molecule has 3 rings (SSSR count). The number of hydrogen-bond donors (Lipinski definition) is 1. The molecule has 3 aromatic rings. The van der Waals surface area contributed by atoms with E-state index in [1.807, 2.05) is 38.1 Å². The summed E-state index contributed by atoms with van der Waals surface area (Å²) in [5, 5.41) is 2.89. The second-order valence-corrected chi connectivity index (χ2v) is 12.3. The molecule has 0 aromatic heterocycles. The molecule has 1 N–H and O–H groups in total. The van der Waals surface area contributed by atoms with Gasteiger partial charge >= 0.3 is 0 Å². The molecule has 0 aliphatic heterocycles. The van der Waals surface area contributed by atoms with Crippen LogP contribution in [0.15, 0.2) is 82.2 Å². The van der Waals surface area contributed by atoms with Gasteiger partial charge in [-0.15, -0.1) is 0 Å². The van der Waals surface area contributed by atoms with E-state index in [1.165, 1.54) is 24.1 Å². The zero-order valence-corrected chi connectivity index (χ0v) is 25.7. The lowest BCUT2D eigenvalue weighted by molar-refractivity contribution is -0.139. The van der Waals surface area contributed by atoms with Crippen LogP contribution in [0.1, 0.15) is 37.8 Å². The van der Waals surface area contributed by atoms with Crippen molar-refractivity contribution in [3.63, 3.8) is 0 Å². The number of ether oxygens (including phenoxy) is 1. The molecule has 0 saturated heterocycles. The third kappa shape index (κ3) is 8.08. The standard InChI is InChI=1S/C30H36BrN3O5S/c1-5-6-18-32-30(36)23(3)33(20-24-12-14-25(31)15-13-24)29(35)21-34(26-8-7-9-27(19-26)39-4)40(37,38)28-16-10-22(2)11-17-28/h7-17,19,23H,5-6,18,20-21H2,1-4H3,(H,32,36)/t23-/m1/s1. The van der Waals surface area contributed by atoms with Gasteiger partial charge in [0.05, 0.1) is 17.7 Å². The second kappa shape index (κ2) is 14.3. The van der Waals surface area contributed by atoms with Gasteiger partial charge in [0.2, 0.25) is 11.8 Å². The van der Waals surface area contributed by atoms with Crippen LogP contribution < -0.4 is 14.4 Å². The first kappa shape index (κ1) is 31.2. The van der Waals surface area contributed by atoms with E-state index in [9.17, 15) is 18.0 Å². The van der Waals surface area contributed by atoms with E-state index in [4.69, 9.17) is 4.74 Å². The Morgan fingerprint density at radius 1 is 1.02 bits per heavy atom. The normalized spacial score (nSPS) is 11.9. The Labute approximate surface area is 245 Å². The number of amides is 2. The van der Waals surface area contributed by atoms with Crippen molar-refractivity contribution in [2.45, 2.75) is 51.1 Å². The predicted molar refractivity (Wildman–Crippen MR) is 161 cm³/mol. The topological polar surface area (TPSA) is 96.0 Å². The maximum atomic E-state index is 14.0. The number of nitrogens with zero attached hydrogens (tertiary/aromatic N) is 2. The Balaban J connectivity index is 2.01. The lowest BCUT2D eigenvalue weighted by Gasteiger charge is -2.32. The average Bonchev–Trinajstić information content (AvgIpc) is 2.95. The zero-order valence-electron chi connectivity index (χ0n) is 23.3. The first-order chi connectivity index (χ1) is 19.1. The molecule has 0 bridgehead atoms. The fraction of sp³-hybridized carbons (Fsp3) is 0.333. The number of rotatable bonds is 13. The van der Waals surface area contributed by atoms with Crippen LogP contribution in [-0.4, -0.2) is 51.4 Å². The van der Waals surface area contributed by atoms with Crippen LogP contribution in [0.3, 0.4) is 0 Å². The molecule has 40 heavy (non-hydrogen) atoms. The smallest absolute Gasteiger partial charge is 0.264 e. The molecule has 0 spiro atoms. The highest BCUT2D eigenvalue weighted by atomic mass is 79.9. The molecular formula is C30H36BrN3O5S. The number of carbonyl (C=O) groups is 2. The summed E-state index contributed by atoms with van der Waals surface area (Å²) in [5.74, 6) is -0.364. The molecule has 1 atom stereocenters. The molecule has 0 radical (unpaired) electrons. The van der Waals surface area contributed by atoms with Crippen molar-refractivity contribution in [1.82, 2.24) is 10.2 Å². The highest BCUT2D eigenvalue weighted by Crippen LogP contribution is 2.28. The molecule has 0 aliphatic carbocycles. The average molecular weight is 631 g/mol. The second-order valence-electron chi connectivity index (χ2n) is 9.49. The van der Waals surface area contributed by atoms with E-state index in [-0.39, 0.29) is 23.0 Å². The summed E-state index contributed by atoms with van der Waals surface area (Å²) in [4.78, 5) is 28.5. The SMILES string of the molecule is CCCCNC(=O)[C@@H](C)N(Cc1ccc(Br)cc1)C(=O)CN(c1cccc(OC)c1)S(=O)(=O)c1ccc(C)cc1. The van der Waals surface area contributed by atoms with Gasteiger partial charge in [-0.1, -0.05) is 65.2 Å². The fourth-order valence-electron chi connectivity index (χ4n) is 4.04. The van der Waals surface area contributed by atoms with Gasteiger partial charge in [-0.25, -0.2) is 8.42 Å². The van der Waals surface area contributed by atoms with Crippen LogP contribution >= 0.6 is 15.9 Å². The number of anilines is 1. The Kier molecular flexibility index (Phi) is 11.2. The van der Waals surface area contributed by atoms with Gasteiger partial charge in [-0.05, 0) is 62.2 Å². The van der Waals surface area contributed by atoms with Crippen LogP contribution in [0.4, 0.5) is 5.69 Å². The Morgan fingerprint density at radius 3 is 2.33 bits per heavy atom. The number of methoxy groups -OCH3 is 1. The van der Waals surface area contributed by atoms with Crippen LogP contribution in [0.5, 0.6) is 5.75 Å². The molecular weight excluding hydrogens is 594 g/mol. The maximum absolute atomic E-state index is 14.0. The molecule has 0 saturated carbocycles. The van der Waals surface area contributed by atoms with E-state index >= 15 is 0 Å². The summed E-state index contributed by atoms with van der Waals surface area (Å²) in [7, 11) is -2.65. The van der Waals surface area contributed by atoms with E-state index in [0.29, 0.717) is 12.3 Å². The van der Waals surface area contributed by atoms with Gasteiger partial charge in [-0.3, -0.25) is 13.9 Å². The third-order valence-electron chi connectivity index (χ3n) is 6.49. The van der Waals surface area contributed by atoms with E-state index in [1.54, 1.807) is 43.3 Å². The Morgan fingerprint density at radius 2 is 1.70 bits per heavy atom. The zero-order chi connectivity index (χ0) is 29.3. The fourth-order valence-corrected chi connectivity index (χ4v) is 5.71. The number of aryl methyl sites for hydroxylation is 1. The first-order valence-corrected chi connectivity index (χ1v) is 15.3. The molecule has 0 aliphatic rings. The summed E-state index contributed by atoms with van der Waals surface area (Å²) >= 11 is 3.42. The first-order valence-electron chi connectivity index (χ1n) is 13.1. The number of unbranched alkanes of at least 4 members (excludes halogenated alkanes) is 1. The van der Waals surface area contributed by atoms with Gasteiger partial charge in [0.15, 0.2) is 0 Å². The minimum absolute atomic E-state index is 0.0542. The lowest BCUT2D eigenvalue weighted by Crippen LogP contribution is -2.51. The van der Waals surface area contributed by atoms with Crippen molar-refractivity contribution in [2.24, 2.45) is 0 Å². The van der Waals surface area contributed by atoms with E-state index in [0.717, 1.165) is 32.7 Å². The van der Waals surface area contributed by atoms with Gasteiger partial charge < -0.3 is 15.0 Å². The van der Waals surface area contributed by atoms with Crippen LogP contribution in [0.25, 0.3) is 0 Å². The van der Waals surface area contributed by atoms with Gasteiger partial charge in [-0.2, -0.15) is 0 Å². The van der Waals surface area contributed by atoms with Crippen molar-refractivity contribution in [3.8, 4) is 5.75 Å². The molecule has 10 heteroatoms. The van der Waals surface area contributed by atoms with Crippen LogP contribution in [0, 0.1) is 6.92 Å². The van der Waals surface area contributed by atoms with E-state index < -0.39 is 28.5 Å². The summed E-state index contributed by atoms with van der Waals surface area (Å²) in [6, 6.07) is 19.6. The molecule has 2 amide bonds. The Hall–Kier alpha value is -3.37. The number of carbonyl (C=O) groups excluding carboxylic acids is 2. The summed E-state index contributed by atoms with van der Waals surface area (Å²) < 4.78 is 35.1. The number of hydrogen-bond acceptors (Lipinski definition) is 5. The van der Waals surface area contributed by atoms with Crippen molar-refractivity contribution in [3.05, 3.63) is 88.4 Å². The molecule has 3 aromatic carbocycles. The highest BCUT2D eigenvalue weighted by Gasteiger charge is 2.32. The maximum Gasteiger partial charge on any atom is 0.264 e. The number of nitrogens with one attached hydrogen (secondary N) is 1. The molecule has 0 unspecified atom stereocenters.